The number of alkyl carbamates (subject to hydrolysis) is 1. The number of pyridine rings is 2. The summed E-state index contributed by atoms with van der Waals surface area (Å²) in [4.78, 5) is 62.5. The first-order chi connectivity index (χ1) is 26.9. The Morgan fingerprint density at radius 3 is 2.57 bits per heavy atom. The van der Waals surface area contributed by atoms with Gasteiger partial charge in [0.2, 0.25) is 0 Å². The number of ether oxygens (including phenoxy) is 4. The third-order valence-corrected chi connectivity index (χ3v) is 10.3. The highest BCUT2D eigenvalue weighted by molar-refractivity contribution is 5.97. The summed E-state index contributed by atoms with van der Waals surface area (Å²) in [6.07, 6.45) is 0.306. The van der Waals surface area contributed by atoms with Crippen molar-refractivity contribution in [2.75, 3.05) is 43.2 Å². The van der Waals surface area contributed by atoms with Crippen LogP contribution < -0.4 is 30.1 Å². The van der Waals surface area contributed by atoms with Gasteiger partial charge in [-0.2, -0.15) is 5.26 Å². The van der Waals surface area contributed by atoms with Crippen molar-refractivity contribution >= 4 is 40.6 Å². The molecule has 7 rings (SSSR count). The third-order valence-electron chi connectivity index (χ3n) is 10.3. The van der Waals surface area contributed by atoms with Gasteiger partial charge >= 0.3 is 12.2 Å². The van der Waals surface area contributed by atoms with Gasteiger partial charge < -0.3 is 28.8 Å². The average Bonchev–Trinajstić information content (AvgIpc) is 3.51. The van der Waals surface area contributed by atoms with E-state index < -0.39 is 23.9 Å². The maximum Gasteiger partial charge on any atom is 0.416 e. The van der Waals surface area contributed by atoms with E-state index in [-0.39, 0.29) is 36.7 Å². The lowest BCUT2D eigenvalue weighted by molar-refractivity contribution is -0.121. The fraction of sp³-hybridized carbons (Fsp3) is 0.415. The van der Waals surface area contributed by atoms with Gasteiger partial charge in [0.1, 0.15) is 23.3 Å². The number of aromatic nitrogens is 2. The van der Waals surface area contributed by atoms with Crippen LogP contribution in [0.2, 0.25) is 0 Å². The smallest absolute Gasteiger partial charge is 0.416 e. The average molecular weight is 764 g/mol. The second kappa shape index (κ2) is 15.9. The van der Waals surface area contributed by atoms with E-state index in [1.165, 1.54) is 6.07 Å². The number of carbonyl (C=O) groups is 3. The summed E-state index contributed by atoms with van der Waals surface area (Å²) in [5, 5.41) is 13.2. The molecule has 292 valence electrons. The summed E-state index contributed by atoms with van der Waals surface area (Å²) in [7, 11) is 1.59. The van der Waals surface area contributed by atoms with Gasteiger partial charge in [0.15, 0.2) is 18.2 Å². The Morgan fingerprint density at radius 2 is 1.82 bits per heavy atom. The van der Waals surface area contributed by atoms with Crippen molar-refractivity contribution in [3.8, 4) is 17.6 Å². The maximum atomic E-state index is 13.6. The molecular formula is C41H45N7O8. The van der Waals surface area contributed by atoms with E-state index in [1.54, 1.807) is 72.6 Å². The second-order valence-corrected chi connectivity index (χ2v) is 15.1. The second-order valence-electron chi connectivity index (χ2n) is 15.1. The fourth-order valence-corrected chi connectivity index (χ4v) is 7.62. The van der Waals surface area contributed by atoms with Gasteiger partial charge in [0.25, 0.3) is 11.5 Å². The number of hydrogen-bond donors (Lipinski definition) is 1. The van der Waals surface area contributed by atoms with Gasteiger partial charge in [0, 0.05) is 44.7 Å². The summed E-state index contributed by atoms with van der Waals surface area (Å²) in [5.41, 5.74) is 1.16. The van der Waals surface area contributed by atoms with Crippen LogP contribution in [0.5, 0.6) is 11.5 Å². The van der Waals surface area contributed by atoms with Crippen molar-refractivity contribution in [1.29, 1.82) is 5.26 Å². The van der Waals surface area contributed by atoms with E-state index in [4.69, 9.17) is 23.9 Å². The summed E-state index contributed by atoms with van der Waals surface area (Å²) >= 11 is 0. The SMILES string of the molecule is COc1ccc(CN2C(=O)COc3ccc(N4C(=O)O[C@@H]5C[C@@H](N(CCNC(=O)OC(C)(C)C)CCn6c(=O)ccc7ccc(C#N)cc76)CC[C@@H]54)nc32)cc1. The van der Waals surface area contributed by atoms with Crippen LogP contribution in [0, 0.1) is 11.3 Å². The summed E-state index contributed by atoms with van der Waals surface area (Å²) in [5.74, 6) is 1.59. The van der Waals surface area contributed by atoms with Crippen molar-refractivity contribution in [2.24, 2.45) is 0 Å². The lowest BCUT2D eigenvalue weighted by Crippen LogP contribution is -2.50. The number of nitrogens with zero attached hydrogens (tertiary/aromatic N) is 6. The molecule has 3 atom stereocenters. The van der Waals surface area contributed by atoms with E-state index in [0.29, 0.717) is 79.7 Å². The van der Waals surface area contributed by atoms with Gasteiger partial charge in [0.05, 0.1) is 36.8 Å². The van der Waals surface area contributed by atoms with Gasteiger partial charge in [-0.05, 0) is 87.0 Å². The molecule has 56 heavy (non-hydrogen) atoms. The van der Waals surface area contributed by atoms with Crippen molar-refractivity contribution in [2.45, 2.75) is 76.9 Å². The van der Waals surface area contributed by atoms with Crippen molar-refractivity contribution in [3.63, 3.8) is 0 Å². The van der Waals surface area contributed by atoms with E-state index in [9.17, 15) is 24.4 Å². The zero-order valence-electron chi connectivity index (χ0n) is 31.9. The molecule has 3 amide bonds. The van der Waals surface area contributed by atoms with E-state index in [2.05, 4.69) is 16.3 Å². The van der Waals surface area contributed by atoms with Crippen LogP contribution in [-0.4, -0.2) is 89.7 Å². The first-order valence-electron chi connectivity index (χ1n) is 18.7. The van der Waals surface area contributed by atoms with Crippen molar-refractivity contribution < 1.29 is 33.3 Å². The molecule has 0 bridgehead atoms. The minimum atomic E-state index is -0.650. The molecule has 2 aromatic heterocycles. The maximum absolute atomic E-state index is 13.6. The number of amides is 3. The van der Waals surface area contributed by atoms with E-state index in [0.717, 1.165) is 10.9 Å². The Hall–Kier alpha value is -6.14. The molecule has 0 radical (unpaired) electrons. The Labute approximate surface area is 324 Å². The number of nitrogens with one attached hydrogen (secondary N) is 1. The predicted octanol–water partition coefficient (Wildman–Crippen LogP) is 4.98. The molecule has 0 unspecified atom stereocenters. The van der Waals surface area contributed by atoms with Crippen LogP contribution in [0.4, 0.5) is 21.2 Å². The van der Waals surface area contributed by atoms with E-state index in [1.807, 2.05) is 30.3 Å². The first-order valence-corrected chi connectivity index (χ1v) is 18.7. The molecule has 15 nitrogen and oxygen atoms in total. The highest BCUT2D eigenvalue weighted by atomic mass is 16.6. The highest BCUT2D eigenvalue weighted by Crippen LogP contribution is 2.39. The zero-order chi connectivity index (χ0) is 39.6. The third kappa shape index (κ3) is 8.25. The quantitative estimate of drug-likeness (QED) is 0.219. The molecular weight excluding hydrogens is 718 g/mol. The number of nitriles is 1. The monoisotopic (exact) mass is 763 g/mol. The van der Waals surface area contributed by atoms with Crippen molar-refractivity contribution in [1.82, 2.24) is 19.8 Å². The fourth-order valence-electron chi connectivity index (χ4n) is 7.62. The number of rotatable bonds is 11. The van der Waals surface area contributed by atoms with Crippen molar-refractivity contribution in [3.05, 3.63) is 88.2 Å². The van der Waals surface area contributed by atoms with Crippen LogP contribution in [0.3, 0.4) is 0 Å². The summed E-state index contributed by atoms with van der Waals surface area (Å²) in [6.45, 7) is 7.07. The summed E-state index contributed by atoms with van der Waals surface area (Å²) < 4.78 is 24.1. The standard InChI is InChI=1S/C41H45N7O8/c1-41(2,3)56-39(51)43-17-18-45(19-20-46-32-21-27(23-42)5-8-28(32)9-16-36(46)49)29-10-13-31-34(22-29)55-40(52)48(31)35-15-14-33-38(44-35)47(37(50)25-54-33)24-26-6-11-30(53-4)12-7-26/h5-9,11-12,14-16,21,29,31,34H,10,13,17-20,22,24-25H2,1-4H3,(H,43,51)/t29-,31-,34+/m0/s1. The normalized spacial score (nSPS) is 19.2. The lowest BCUT2D eigenvalue weighted by Gasteiger charge is -2.39. The number of hydrogen-bond acceptors (Lipinski definition) is 11. The molecule has 2 fully saturated rings. The number of fused-ring (bicyclic) bond motifs is 3. The van der Waals surface area contributed by atoms with Crippen LogP contribution in [0.25, 0.3) is 10.9 Å². The number of carbonyl (C=O) groups excluding carboxylic acids is 3. The minimum Gasteiger partial charge on any atom is -0.497 e. The van der Waals surface area contributed by atoms with Crippen LogP contribution in [-0.2, 0) is 27.4 Å². The molecule has 2 aromatic carbocycles. The van der Waals surface area contributed by atoms with Gasteiger partial charge in [-0.15, -0.1) is 0 Å². The molecule has 1 saturated carbocycles. The van der Waals surface area contributed by atoms with Gasteiger partial charge in [-0.1, -0.05) is 18.2 Å². The molecule has 1 N–H and O–H groups in total. The molecule has 1 aliphatic carbocycles. The molecule has 3 aliphatic rings. The van der Waals surface area contributed by atoms with Gasteiger partial charge in [-0.3, -0.25) is 24.3 Å². The minimum absolute atomic E-state index is 0.0488. The molecule has 2 aliphatic heterocycles. The topological polar surface area (TPSA) is 169 Å². The molecule has 1 saturated heterocycles. The molecule has 0 spiro atoms. The number of methoxy groups -OCH3 is 1. The number of anilines is 2. The Balaban J connectivity index is 1.09. The predicted molar refractivity (Wildman–Crippen MR) is 207 cm³/mol. The Morgan fingerprint density at radius 1 is 1.04 bits per heavy atom. The van der Waals surface area contributed by atoms with Crippen LogP contribution >= 0.6 is 0 Å². The summed E-state index contributed by atoms with van der Waals surface area (Å²) in [6, 6.07) is 21.2. The molecule has 4 heterocycles. The lowest BCUT2D eigenvalue weighted by atomic mass is 9.87. The Bertz CT molecular complexity index is 2230. The van der Waals surface area contributed by atoms with E-state index >= 15 is 0 Å². The zero-order valence-corrected chi connectivity index (χ0v) is 31.9. The van der Waals surface area contributed by atoms with Crippen LogP contribution in [0.15, 0.2) is 71.5 Å². The first kappa shape index (κ1) is 38.1. The molecule has 4 aromatic rings. The molecule has 15 heteroatoms. The Kier molecular flexibility index (Phi) is 10.8. The van der Waals surface area contributed by atoms with Gasteiger partial charge in [-0.25, -0.2) is 14.6 Å². The number of benzene rings is 2. The highest BCUT2D eigenvalue weighted by Gasteiger charge is 2.48. The largest absolute Gasteiger partial charge is 0.497 e. The van der Waals surface area contributed by atoms with Crippen LogP contribution in [0.1, 0.15) is 51.2 Å².